The van der Waals surface area contributed by atoms with Gasteiger partial charge in [-0.2, -0.15) is 8.42 Å². The number of carboxylic acid groups (broad SMARTS) is 1. The first kappa shape index (κ1) is 14.6. The minimum atomic E-state index is -3.60. The van der Waals surface area contributed by atoms with Crippen LogP contribution in [0.1, 0.15) is 13.3 Å². The average molecular weight is 329 g/mol. The fourth-order valence-electron chi connectivity index (χ4n) is 1.47. The van der Waals surface area contributed by atoms with Crippen molar-refractivity contribution in [3.8, 4) is 0 Å². The van der Waals surface area contributed by atoms with Gasteiger partial charge in [-0.3, -0.25) is 8.98 Å². The van der Waals surface area contributed by atoms with Gasteiger partial charge in [-0.1, -0.05) is 15.9 Å². The van der Waals surface area contributed by atoms with E-state index in [0.717, 1.165) is 6.26 Å². The molecule has 1 rings (SSSR count). The minimum Gasteiger partial charge on any atom is -0.481 e. The van der Waals surface area contributed by atoms with E-state index in [-0.39, 0.29) is 6.42 Å². The van der Waals surface area contributed by atoms with Gasteiger partial charge in [0.05, 0.1) is 24.9 Å². The molecule has 1 aliphatic heterocycles. The lowest BCUT2D eigenvalue weighted by molar-refractivity contribution is -0.141. The summed E-state index contributed by atoms with van der Waals surface area (Å²) in [6.07, 6.45) is 0.373. The Bertz CT molecular complexity index is 429. The van der Waals surface area contributed by atoms with E-state index in [1.54, 1.807) is 6.92 Å². The van der Waals surface area contributed by atoms with E-state index in [4.69, 9.17) is 14.0 Å². The highest BCUT2D eigenvalue weighted by Crippen LogP contribution is 2.28. The number of carboxylic acids is 1. The highest BCUT2D eigenvalue weighted by molar-refractivity contribution is 9.11. The zero-order valence-electron chi connectivity index (χ0n) is 9.29. The minimum absolute atomic E-state index is 0.176. The van der Waals surface area contributed by atoms with Gasteiger partial charge in [0.15, 0.2) is 0 Å². The maximum Gasteiger partial charge on any atom is 0.306 e. The second kappa shape index (κ2) is 5.47. The van der Waals surface area contributed by atoms with Crippen LogP contribution in [-0.4, -0.2) is 44.1 Å². The fraction of sp³-hybridized carbons (Fsp3) is 0.667. The Kier molecular flexibility index (Phi) is 4.70. The Morgan fingerprint density at radius 2 is 2.24 bits per heavy atom. The number of ether oxygens (including phenoxy) is 1. The molecular weight excluding hydrogens is 316 g/mol. The molecule has 0 fully saturated rings. The first-order valence-corrected chi connectivity index (χ1v) is 7.42. The van der Waals surface area contributed by atoms with Gasteiger partial charge in [-0.25, -0.2) is 0 Å². The summed E-state index contributed by atoms with van der Waals surface area (Å²) in [5.41, 5.74) is 0. The van der Waals surface area contributed by atoms with Crippen molar-refractivity contribution in [1.29, 1.82) is 0 Å². The third-order valence-corrected chi connectivity index (χ3v) is 3.36. The summed E-state index contributed by atoms with van der Waals surface area (Å²) in [7, 11) is -3.60. The zero-order valence-corrected chi connectivity index (χ0v) is 11.7. The van der Waals surface area contributed by atoms with Crippen LogP contribution in [0.25, 0.3) is 0 Å². The molecule has 1 heterocycles. The third-order valence-electron chi connectivity index (χ3n) is 2.09. The van der Waals surface area contributed by atoms with E-state index >= 15 is 0 Å². The van der Waals surface area contributed by atoms with Gasteiger partial charge >= 0.3 is 5.97 Å². The maximum atomic E-state index is 11.0. The van der Waals surface area contributed by atoms with Gasteiger partial charge < -0.3 is 9.84 Å². The van der Waals surface area contributed by atoms with Crippen LogP contribution >= 0.6 is 15.9 Å². The van der Waals surface area contributed by atoms with E-state index in [9.17, 15) is 13.2 Å². The summed E-state index contributed by atoms with van der Waals surface area (Å²) in [6.45, 7) is 1.62. The maximum absolute atomic E-state index is 11.0. The number of halogens is 1. The topological polar surface area (TPSA) is 89.9 Å². The van der Waals surface area contributed by atoms with E-state index in [1.165, 1.54) is 6.08 Å². The van der Waals surface area contributed by atoms with Crippen molar-refractivity contribution in [3.05, 3.63) is 10.6 Å². The van der Waals surface area contributed by atoms with Crippen LogP contribution < -0.4 is 0 Å². The van der Waals surface area contributed by atoms with Crippen molar-refractivity contribution in [2.45, 2.75) is 31.7 Å². The molecule has 1 N–H and O–H groups in total. The second-order valence-electron chi connectivity index (χ2n) is 3.75. The molecule has 3 atom stereocenters. The van der Waals surface area contributed by atoms with Gasteiger partial charge in [-0.15, -0.1) is 0 Å². The molecule has 98 valence electrons. The molecule has 0 aromatic heterocycles. The lowest BCUT2D eigenvalue weighted by Crippen LogP contribution is -2.38. The smallest absolute Gasteiger partial charge is 0.306 e. The molecule has 0 aromatic rings. The summed E-state index contributed by atoms with van der Waals surface area (Å²) in [5, 5.41) is 8.64. The van der Waals surface area contributed by atoms with Crippen LogP contribution in [0.2, 0.25) is 0 Å². The second-order valence-corrected chi connectivity index (χ2v) is 6.27. The van der Waals surface area contributed by atoms with Crippen molar-refractivity contribution in [3.63, 3.8) is 0 Å². The number of aliphatic carboxylic acids is 1. The summed E-state index contributed by atoms with van der Waals surface area (Å²) < 4.78 is 32.7. The predicted molar refractivity (Wildman–Crippen MR) is 63.3 cm³/mol. The normalized spacial score (nSPS) is 29.8. The van der Waals surface area contributed by atoms with Crippen molar-refractivity contribution in [2.75, 3.05) is 6.26 Å². The number of hydrogen-bond acceptors (Lipinski definition) is 5. The van der Waals surface area contributed by atoms with E-state index in [2.05, 4.69) is 15.9 Å². The van der Waals surface area contributed by atoms with Gasteiger partial charge in [0.25, 0.3) is 10.1 Å². The van der Waals surface area contributed by atoms with E-state index < -0.39 is 34.4 Å². The molecule has 0 saturated carbocycles. The van der Waals surface area contributed by atoms with Crippen molar-refractivity contribution in [2.24, 2.45) is 0 Å². The summed E-state index contributed by atoms with van der Waals surface area (Å²) >= 11 is 3.18. The highest BCUT2D eigenvalue weighted by Gasteiger charge is 2.33. The number of rotatable bonds is 4. The van der Waals surface area contributed by atoms with Crippen LogP contribution in [0.4, 0.5) is 0 Å². The molecule has 0 aliphatic carbocycles. The van der Waals surface area contributed by atoms with Crippen LogP contribution in [0.3, 0.4) is 0 Å². The fourth-order valence-corrected chi connectivity index (χ4v) is 3.00. The Labute approximate surface area is 108 Å². The predicted octanol–water partition coefficient (Wildman–Crippen LogP) is 0.872. The van der Waals surface area contributed by atoms with E-state index in [0.29, 0.717) is 4.48 Å². The number of carbonyl (C=O) groups is 1. The Morgan fingerprint density at radius 3 is 2.65 bits per heavy atom. The lowest BCUT2D eigenvalue weighted by atomic mass is 10.1. The number of hydrogen-bond donors (Lipinski definition) is 1. The van der Waals surface area contributed by atoms with Gasteiger partial charge in [0, 0.05) is 4.48 Å². The van der Waals surface area contributed by atoms with Crippen molar-refractivity contribution < 1.29 is 27.2 Å². The molecule has 0 bridgehead atoms. The van der Waals surface area contributed by atoms with Crippen LogP contribution in [0.15, 0.2) is 10.6 Å². The average Bonchev–Trinajstić information content (AvgIpc) is 2.08. The Morgan fingerprint density at radius 1 is 1.65 bits per heavy atom. The molecule has 0 aromatic carbocycles. The molecule has 0 amide bonds. The van der Waals surface area contributed by atoms with E-state index in [1.807, 2.05) is 0 Å². The van der Waals surface area contributed by atoms with Crippen LogP contribution in [-0.2, 0) is 23.8 Å². The summed E-state index contributed by atoms with van der Waals surface area (Å²) in [6, 6.07) is 0. The zero-order chi connectivity index (χ0) is 13.2. The third kappa shape index (κ3) is 4.74. The standard InChI is InChI=1S/C9H13BrO6S/c1-5-9(16-17(2,13)14)7(10)3-6(15-5)4-8(11)12/h3,5-6,9H,4H2,1-2H3,(H,11,12)/t5-,6+,9+/m0/s1. The Balaban J connectivity index is 2.81. The van der Waals surface area contributed by atoms with Crippen molar-refractivity contribution >= 4 is 32.0 Å². The van der Waals surface area contributed by atoms with Crippen LogP contribution in [0, 0.1) is 0 Å². The van der Waals surface area contributed by atoms with Crippen molar-refractivity contribution in [1.82, 2.24) is 0 Å². The van der Waals surface area contributed by atoms with Gasteiger partial charge in [-0.05, 0) is 13.0 Å². The molecule has 1 aliphatic rings. The van der Waals surface area contributed by atoms with Gasteiger partial charge in [0.1, 0.15) is 6.10 Å². The lowest BCUT2D eigenvalue weighted by Gasteiger charge is -2.31. The molecule has 17 heavy (non-hydrogen) atoms. The molecule has 6 nitrogen and oxygen atoms in total. The molecule has 0 spiro atoms. The summed E-state index contributed by atoms with van der Waals surface area (Å²) in [5.74, 6) is -0.985. The van der Waals surface area contributed by atoms with Crippen LogP contribution in [0.5, 0.6) is 0 Å². The summed E-state index contributed by atoms with van der Waals surface area (Å²) in [4.78, 5) is 10.5. The molecule has 8 heteroatoms. The molecule has 0 radical (unpaired) electrons. The molecule has 0 saturated heterocycles. The monoisotopic (exact) mass is 328 g/mol. The largest absolute Gasteiger partial charge is 0.481 e. The first-order chi connectivity index (χ1) is 7.69. The quantitative estimate of drug-likeness (QED) is 0.770. The first-order valence-electron chi connectivity index (χ1n) is 4.82. The van der Waals surface area contributed by atoms with Gasteiger partial charge in [0.2, 0.25) is 0 Å². The molecular formula is C9H13BrO6S. The SMILES string of the molecule is C[C@@H]1O[C@@H](CC(=O)O)C=C(Br)[C@@H]1OS(C)(=O)=O. The Hall–Kier alpha value is -0.440. The highest BCUT2D eigenvalue weighted by atomic mass is 79.9. The molecule has 0 unspecified atom stereocenters.